The lowest BCUT2D eigenvalue weighted by atomic mass is 10.2. The standard InChI is InChI=1S/C22H21N5O2S/c1-3-29-18-10-6-16(7-11-18)26-20(28)13-30-22-19-12-25-27(21(19)23-14-24-22)17-8-4-15(2)5-9-17/h4-12,14H,3,13H2,1-2H3,(H,26,28). The maximum Gasteiger partial charge on any atom is 0.234 e. The van der Waals surface area contributed by atoms with E-state index in [1.165, 1.54) is 23.7 Å². The van der Waals surface area contributed by atoms with E-state index in [0.29, 0.717) is 12.3 Å². The molecular weight excluding hydrogens is 398 g/mol. The second-order valence-corrected chi connectivity index (χ2v) is 7.57. The van der Waals surface area contributed by atoms with Crippen LogP contribution in [0.1, 0.15) is 12.5 Å². The summed E-state index contributed by atoms with van der Waals surface area (Å²) < 4.78 is 7.19. The van der Waals surface area contributed by atoms with Gasteiger partial charge in [0.25, 0.3) is 0 Å². The maximum absolute atomic E-state index is 12.4. The van der Waals surface area contributed by atoms with Crippen molar-refractivity contribution in [2.24, 2.45) is 0 Å². The van der Waals surface area contributed by atoms with Crippen LogP contribution in [0, 0.1) is 6.92 Å². The first-order valence-corrected chi connectivity index (χ1v) is 10.5. The summed E-state index contributed by atoms with van der Waals surface area (Å²) >= 11 is 1.36. The van der Waals surface area contributed by atoms with Crippen molar-refractivity contribution in [2.75, 3.05) is 17.7 Å². The molecule has 0 aliphatic carbocycles. The Morgan fingerprint density at radius 1 is 1.10 bits per heavy atom. The van der Waals surface area contributed by atoms with E-state index in [2.05, 4.69) is 20.4 Å². The summed E-state index contributed by atoms with van der Waals surface area (Å²) in [7, 11) is 0. The number of nitrogens with zero attached hydrogens (tertiary/aromatic N) is 4. The van der Waals surface area contributed by atoms with Crippen molar-refractivity contribution in [2.45, 2.75) is 18.9 Å². The van der Waals surface area contributed by atoms with Crippen molar-refractivity contribution in [1.82, 2.24) is 19.7 Å². The van der Waals surface area contributed by atoms with E-state index in [1.807, 2.05) is 62.4 Å². The molecule has 7 nitrogen and oxygen atoms in total. The van der Waals surface area contributed by atoms with Gasteiger partial charge in [-0.2, -0.15) is 5.10 Å². The normalized spacial score (nSPS) is 10.9. The highest BCUT2D eigenvalue weighted by Crippen LogP contribution is 2.26. The number of rotatable bonds is 7. The highest BCUT2D eigenvalue weighted by Gasteiger charge is 2.13. The van der Waals surface area contributed by atoms with E-state index in [-0.39, 0.29) is 11.7 Å². The topological polar surface area (TPSA) is 81.9 Å². The fourth-order valence-corrected chi connectivity index (χ4v) is 3.71. The van der Waals surface area contributed by atoms with E-state index in [0.717, 1.165) is 27.5 Å². The van der Waals surface area contributed by atoms with Crippen molar-refractivity contribution in [3.8, 4) is 11.4 Å². The Balaban J connectivity index is 1.45. The Labute approximate surface area is 178 Å². The summed E-state index contributed by atoms with van der Waals surface area (Å²) in [6.07, 6.45) is 3.24. The van der Waals surface area contributed by atoms with Gasteiger partial charge in [0, 0.05) is 5.69 Å². The summed E-state index contributed by atoms with van der Waals surface area (Å²) in [6.45, 7) is 4.58. The number of carbonyl (C=O) groups is 1. The van der Waals surface area contributed by atoms with Crippen LogP contribution in [-0.2, 0) is 4.79 Å². The molecule has 2 aromatic heterocycles. The zero-order valence-corrected chi connectivity index (χ0v) is 17.5. The first-order valence-electron chi connectivity index (χ1n) is 9.55. The Morgan fingerprint density at radius 2 is 1.87 bits per heavy atom. The number of thioether (sulfide) groups is 1. The molecule has 0 atom stereocenters. The van der Waals surface area contributed by atoms with Crippen molar-refractivity contribution in [3.05, 3.63) is 66.6 Å². The van der Waals surface area contributed by atoms with Crippen molar-refractivity contribution in [1.29, 1.82) is 0 Å². The van der Waals surface area contributed by atoms with Gasteiger partial charge in [0.1, 0.15) is 17.1 Å². The average molecular weight is 420 g/mol. The number of benzene rings is 2. The number of hydrogen-bond acceptors (Lipinski definition) is 6. The molecule has 8 heteroatoms. The van der Waals surface area contributed by atoms with Crippen LogP contribution in [0.3, 0.4) is 0 Å². The van der Waals surface area contributed by atoms with Gasteiger partial charge in [0.05, 0.1) is 29.6 Å². The molecule has 152 valence electrons. The van der Waals surface area contributed by atoms with Gasteiger partial charge in [-0.1, -0.05) is 29.5 Å². The summed E-state index contributed by atoms with van der Waals surface area (Å²) in [4.78, 5) is 21.1. The van der Waals surface area contributed by atoms with Crippen molar-refractivity contribution >= 4 is 34.4 Å². The Bertz CT molecular complexity index is 1160. The quantitative estimate of drug-likeness (QED) is 0.356. The predicted octanol–water partition coefficient (Wildman–Crippen LogP) is 4.25. The first-order chi connectivity index (χ1) is 14.6. The Morgan fingerprint density at radius 3 is 2.60 bits per heavy atom. The number of nitrogens with one attached hydrogen (secondary N) is 1. The third kappa shape index (κ3) is 4.44. The lowest BCUT2D eigenvalue weighted by Gasteiger charge is -2.07. The fraction of sp³-hybridized carbons (Fsp3) is 0.182. The van der Waals surface area contributed by atoms with Crippen LogP contribution in [-0.4, -0.2) is 38.0 Å². The van der Waals surface area contributed by atoms with Crippen LogP contribution < -0.4 is 10.1 Å². The van der Waals surface area contributed by atoms with Crippen LogP contribution in [0.2, 0.25) is 0 Å². The summed E-state index contributed by atoms with van der Waals surface area (Å²) in [5.41, 5.74) is 3.55. The zero-order valence-electron chi connectivity index (χ0n) is 16.7. The highest BCUT2D eigenvalue weighted by molar-refractivity contribution is 8.00. The van der Waals surface area contributed by atoms with Gasteiger partial charge in [0.2, 0.25) is 5.91 Å². The highest BCUT2D eigenvalue weighted by atomic mass is 32.2. The number of anilines is 1. The second-order valence-electron chi connectivity index (χ2n) is 6.60. The van der Waals surface area contributed by atoms with Crippen molar-refractivity contribution in [3.63, 3.8) is 0 Å². The average Bonchev–Trinajstić information content (AvgIpc) is 3.19. The smallest absolute Gasteiger partial charge is 0.234 e. The van der Waals surface area contributed by atoms with Gasteiger partial charge in [-0.15, -0.1) is 0 Å². The third-order valence-corrected chi connectivity index (χ3v) is 5.40. The van der Waals surface area contributed by atoms with Crippen LogP contribution in [0.5, 0.6) is 5.75 Å². The summed E-state index contributed by atoms with van der Waals surface area (Å²) in [5.74, 6) is 0.898. The molecule has 1 amide bonds. The van der Waals surface area contributed by atoms with Crippen LogP contribution in [0.15, 0.2) is 66.1 Å². The van der Waals surface area contributed by atoms with E-state index in [1.54, 1.807) is 10.9 Å². The summed E-state index contributed by atoms with van der Waals surface area (Å²) in [5, 5.41) is 8.89. The molecule has 2 aromatic carbocycles. The van der Waals surface area contributed by atoms with Gasteiger partial charge < -0.3 is 10.1 Å². The number of aryl methyl sites for hydroxylation is 1. The molecule has 0 unspecified atom stereocenters. The van der Waals surface area contributed by atoms with Gasteiger partial charge in [-0.25, -0.2) is 14.6 Å². The number of amides is 1. The molecule has 0 aliphatic heterocycles. The third-order valence-electron chi connectivity index (χ3n) is 4.40. The van der Waals surface area contributed by atoms with E-state index >= 15 is 0 Å². The van der Waals surface area contributed by atoms with E-state index in [4.69, 9.17) is 4.74 Å². The Kier molecular flexibility index (Phi) is 5.94. The minimum absolute atomic E-state index is 0.109. The molecule has 0 radical (unpaired) electrons. The molecule has 2 heterocycles. The number of ether oxygens (including phenoxy) is 1. The number of hydrogen-bond donors (Lipinski definition) is 1. The number of fused-ring (bicyclic) bond motifs is 1. The first kappa shape index (κ1) is 19.9. The van der Waals surface area contributed by atoms with Gasteiger partial charge in [-0.05, 0) is 50.2 Å². The molecule has 0 fully saturated rings. The molecule has 4 rings (SSSR count). The SMILES string of the molecule is CCOc1ccc(NC(=O)CSc2ncnc3c2cnn3-c2ccc(C)cc2)cc1. The van der Waals surface area contributed by atoms with E-state index < -0.39 is 0 Å². The van der Waals surface area contributed by atoms with E-state index in [9.17, 15) is 4.79 Å². The van der Waals surface area contributed by atoms with Crippen LogP contribution in [0.25, 0.3) is 16.7 Å². The van der Waals surface area contributed by atoms with Crippen LogP contribution >= 0.6 is 11.8 Å². The monoisotopic (exact) mass is 419 g/mol. The van der Waals surface area contributed by atoms with Gasteiger partial charge in [-0.3, -0.25) is 4.79 Å². The predicted molar refractivity (Wildman–Crippen MR) is 118 cm³/mol. The Hall–Kier alpha value is -3.39. The fourth-order valence-electron chi connectivity index (χ4n) is 2.94. The number of aromatic nitrogens is 4. The number of carbonyl (C=O) groups excluding carboxylic acids is 1. The molecule has 0 bridgehead atoms. The maximum atomic E-state index is 12.4. The molecule has 0 spiro atoms. The largest absolute Gasteiger partial charge is 0.494 e. The van der Waals surface area contributed by atoms with Crippen LogP contribution in [0.4, 0.5) is 5.69 Å². The summed E-state index contributed by atoms with van der Waals surface area (Å²) in [6, 6.07) is 15.4. The zero-order chi connectivity index (χ0) is 20.9. The molecular formula is C22H21N5O2S. The molecule has 4 aromatic rings. The molecule has 30 heavy (non-hydrogen) atoms. The molecule has 1 N–H and O–H groups in total. The second kappa shape index (κ2) is 8.96. The lowest BCUT2D eigenvalue weighted by Crippen LogP contribution is -2.14. The lowest BCUT2D eigenvalue weighted by molar-refractivity contribution is -0.113. The minimum atomic E-state index is -0.109. The molecule has 0 saturated heterocycles. The van der Waals surface area contributed by atoms with Crippen molar-refractivity contribution < 1.29 is 9.53 Å². The van der Waals surface area contributed by atoms with Gasteiger partial charge in [0.15, 0.2) is 5.65 Å². The molecule has 0 aliphatic rings. The molecule has 0 saturated carbocycles. The minimum Gasteiger partial charge on any atom is -0.494 e. The van der Waals surface area contributed by atoms with Gasteiger partial charge >= 0.3 is 0 Å².